The van der Waals surface area contributed by atoms with Crippen molar-refractivity contribution in [1.82, 2.24) is 0 Å². The van der Waals surface area contributed by atoms with Crippen molar-refractivity contribution in [3.05, 3.63) is 295 Å². The summed E-state index contributed by atoms with van der Waals surface area (Å²) in [6.45, 7) is 14.0. The molecular formula is C95H94F18O20S9. The number of alkyl halides is 18. The van der Waals surface area contributed by atoms with Crippen molar-refractivity contribution in [2.24, 2.45) is 0 Å². The molecule has 1 aliphatic rings. The highest BCUT2D eigenvalue weighted by atomic mass is 32.2. The molecule has 13 rings (SSSR count). The third-order valence-corrected chi connectivity index (χ3v) is 35.5. The van der Waals surface area contributed by atoms with Crippen molar-refractivity contribution in [2.75, 3.05) is 24.7 Å². The van der Waals surface area contributed by atoms with Crippen molar-refractivity contribution >= 4 is 124 Å². The zero-order valence-corrected chi connectivity index (χ0v) is 83.2. The minimum absolute atomic E-state index is 0.0146. The van der Waals surface area contributed by atoms with Crippen LogP contribution in [0.2, 0.25) is 0 Å². The van der Waals surface area contributed by atoms with E-state index in [9.17, 15) is 143 Å². The van der Waals surface area contributed by atoms with Crippen molar-refractivity contribution in [2.45, 2.75) is 186 Å². The van der Waals surface area contributed by atoms with Gasteiger partial charge in [-0.2, -0.15) is 104 Å². The lowest BCUT2D eigenvalue weighted by Gasteiger charge is -2.32. The van der Waals surface area contributed by atoms with Crippen LogP contribution in [0.25, 0.3) is 35.8 Å². The topological polar surface area (TPSA) is 331 Å². The lowest BCUT2D eigenvalue weighted by atomic mass is 9.99. The number of fused-ring (bicyclic) bond motifs is 4. The molecule has 0 bridgehead atoms. The minimum Gasteiger partial charge on any atom is -0.743 e. The van der Waals surface area contributed by atoms with Crippen LogP contribution in [0.15, 0.2) is 293 Å². The average molecular weight is 2190 g/mol. The number of ether oxygens (including phenoxy) is 1. The average Bonchev–Trinajstić information content (AvgIpc) is 1.11. The van der Waals surface area contributed by atoms with Crippen LogP contribution >= 0.6 is 10.5 Å². The van der Waals surface area contributed by atoms with Gasteiger partial charge in [0, 0.05) is 49.5 Å². The summed E-state index contributed by atoms with van der Waals surface area (Å²) < 4.78 is 420. The molecule has 47 heteroatoms. The van der Waals surface area contributed by atoms with Gasteiger partial charge in [-0.25, -0.2) is 25.3 Å². The molecule has 0 spiro atoms. The van der Waals surface area contributed by atoms with Crippen molar-refractivity contribution in [3.63, 3.8) is 0 Å². The Bertz CT molecular complexity index is 6430. The molecular weight excluding hydrogens is 2090 g/mol. The number of hydrogen-bond acceptors (Lipinski definition) is 20. The van der Waals surface area contributed by atoms with Gasteiger partial charge in [-0.1, -0.05) is 200 Å². The van der Waals surface area contributed by atoms with E-state index in [1.807, 2.05) is 20.8 Å². The second-order valence-electron chi connectivity index (χ2n) is 31.5. The molecule has 1 fully saturated rings. The number of rotatable bonds is 35. The minimum atomic E-state index is -7.33. The molecule has 1 N–H and O–H groups in total. The van der Waals surface area contributed by atoms with Gasteiger partial charge in [-0.15, -0.1) is 0 Å². The maximum atomic E-state index is 13.6. The van der Waals surface area contributed by atoms with E-state index in [0.717, 1.165) is 61.6 Å². The Morgan fingerprint density at radius 3 is 0.930 bits per heavy atom. The number of aliphatic hydroxyl groups is 1. The summed E-state index contributed by atoms with van der Waals surface area (Å²) in [6, 6.07) is 83.8. The van der Waals surface area contributed by atoms with Crippen LogP contribution in [0.4, 0.5) is 79.0 Å². The zero-order valence-electron chi connectivity index (χ0n) is 75.9. The predicted molar refractivity (Wildman–Crippen MR) is 504 cm³/mol. The Hall–Kier alpha value is -9.92. The Morgan fingerprint density at radius 2 is 0.641 bits per heavy atom. The first-order valence-corrected chi connectivity index (χ1v) is 55.2. The van der Waals surface area contributed by atoms with Crippen LogP contribution < -0.4 is 17.3 Å². The standard InChI is InChI=1S/C20H17OS.C18H23OS.C18H15S.3C13H14F6O6S2/c21-14-13-15-9-11-16(12-10-15)22-19-7-3-1-5-17(19)18-6-2-4-8-20(18)22;1-2-3-12-19-17-10-11-18(20-13-6-7-14-20)16-9-5-4-8-15(16)17;1-4-10-16(11-5-1)19(17-12-6-2-7-13-17)18-14-8-3-9-15-18;3*1-3-8(2)9-4-6-10(7-5-9)25-27(23,24)13(18,19)11(14,15)12(16,17)26(20,21)22/h1-12,21H,13-14H2;4-5,8-11H,2-3,6-7,12-14H2,1H3;1-15H;3*4-8H,3H2,1-2H3,(H,20,21,22)/q3*+1;;;/p-3. The van der Waals surface area contributed by atoms with Gasteiger partial charge in [0.15, 0.2) is 64.2 Å². The quantitative estimate of drug-likeness (QED) is 0.0127. The van der Waals surface area contributed by atoms with Gasteiger partial charge in [0.05, 0.1) is 17.5 Å². The van der Waals surface area contributed by atoms with Gasteiger partial charge < -0.3 is 36.1 Å². The van der Waals surface area contributed by atoms with E-state index >= 15 is 0 Å². The lowest BCUT2D eigenvalue weighted by molar-refractivity contribution is -0.247. The molecule has 0 aliphatic carbocycles. The van der Waals surface area contributed by atoms with E-state index in [-0.39, 0.29) is 45.7 Å². The number of halogens is 18. The highest BCUT2D eigenvalue weighted by Gasteiger charge is 2.84. The Labute approximate surface area is 818 Å². The fourth-order valence-corrected chi connectivity index (χ4v) is 24.4. The van der Waals surface area contributed by atoms with E-state index in [1.54, 1.807) is 25.7 Å². The second kappa shape index (κ2) is 47.5. The molecule has 1 saturated heterocycles. The van der Waals surface area contributed by atoms with Gasteiger partial charge >= 0.3 is 79.6 Å². The first kappa shape index (κ1) is 117. The molecule has 142 heavy (non-hydrogen) atoms. The van der Waals surface area contributed by atoms with Crippen molar-refractivity contribution in [1.29, 1.82) is 0 Å². The molecule has 1 aromatic heterocycles. The van der Waals surface area contributed by atoms with Crippen molar-refractivity contribution < 1.29 is 166 Å². The first-order chi connectivity index (χ1) is 66.0. The van der Waals surface area contributed by atoms with Crippen LogP contribution in [0.3, 0.4) is 0 Å². The second-order valence-corrected chi connectivity index (χ2v) is 46.8. The fraction of sp³-hybridized carbons (Fsp3) is 0.326. The molecule has 1 aliphatic heterocycles. The van der Waals surface area contributed by atoms with Crippen LogP contribution in [0, 0.1) is 0 Å². The summed E-state index contributed by atoms with van der Waals surface area (Å²) >= 11 is 0. The summed E-state index contributed by atoms with van der Waals surface area (Å²) in [6.07, 6.45) is 7.78. The molecule has 3 atom stereocenters. The first-order valence-electron chi connectivity index (χ1n) is 42.7. The number of benzene rings is 11. The third-order valence-electron chi connectivity index (χ3n) is 21.8. The fourth-order valence-electron chi connectivity index (χ4n) is 13.2. The zero-order chi connectivity index (χ0) is 106. The molecule has 2 heterocycles. The normalized spacial score (nSPS) is 14.2. The van der Waals surface area contributed by atoms with Crippen LogP contribution in [-0.4, -0.2) is 143 Å². The van der Waals surface area contributed by atoms with E-state index in [4.69, 9.17) is 9.84 Å². The van der Waals surface area contributed by atoms with Gasteiger partial charge in [0.1, 0.15) is 34.5 Å². The molecule has 20 nitrogen and oxygen atoms in total. The molecule has 11 aromatic carbocycles. The van der Waals surface area contributed by atoms with Crippen LogP contribution in [0.1, 0.15) is 133 Å². The van der Waals surface area contributed by atoms with Gasteiger partial charge in [0.25, 0.3) is 0 Å². The highest BCUT2D eigenvalue weighted by molar-refractivity contribution is 7.97. The molecule has 0 radical (unpaired) electrons. The van der Waals surface area contributed by atoms with E-state index in [1.165, 1.54) is 123 Å². The van der Waals surface area contributed by atoms with Gasteiger partial charge in [-0.3, -0.25) is 0 Å². The van der Waals surface area contributed by atoms with Gasteiger partial charge in [-0.05, 0) is 212 Å². The monoisotopic (exact) mass is 2180 g/mol. The lowest BCUT2D eigenvalue weighted by Crippen LogP contribution is -2.61. The summed E-state index contributed by atoms with van der Waals surface area (Å²) in [5, 5.41) is -26.5. The molecule has 0 saturated carbocycles. The SMILES string of the molecule is CCC(C)c1ccc(OS(=O)(=O)C(F)(F)C(F)(F)C(F)(F)S(=O)(=O)[O-])cc1.CCC(C)c1ccc(OS(=O)(=O)C(F)(F)C(F)(F)C(F)(F)S(=O)(=O)[O-])cc1.CCC(C)c1ccc(OS(=O)(=O)C(F)(F)C(F)(F)C(F)(F)S(=O)(=O)[O-])cc1.CCCCOc1ccc([S+]2CCCC2)c2ccccc12.OCCc1ccc(-[s+]2c3ccccc3c3ccccc32)cc1.c1ccc([S+](c2ccccc2)c2ccccc2)cc1. The molecule has 3 unspecified atom stereocenters. The molecule has 12 aromatic rings. The largest absolute Gasteiger partial charge is 0.743 e. The van der Waals surface area contributed by atoms with Crippen LogP contribution in [0.5, 0.6) is 23.0 Å². The third kappa shape index (κ3) is 26.1. The highest BCUT2D eigenvalue weighted by Crippen LogP contribution is 2.55. The summed E-state index contributed by atoms with van der Waals surface area (Å²) in [5.41, 5.74) is 3.03. The Morgan fingerprint density at radius 1 is 0.352 bits per heavy atom. The maximum absolute atomic E-state index is 13.6. The van der Waals surface area contributed by atoms with Gasteiger partial charge in [0.2, 0.25) is 0 Å². The van der Waals surface area contributed by atoms with Crippen LogP contribution in [-0.2, 0) is 88.9 Å². The van der Waals surface area contributed by atoms with E-state index in [0.29, 0.717) is 46.8 Å². The summed E-state index contributed by atoms with van der Waals surface area (Å²) in [4.78, 5) is 6.99. The van der Waals surface area contributed by atoms with E-state index < -0.39 is 127 Å². The molecule has 0 amide bonds. The Balaban J connectivity index is 0.000000209. The number of unbranched alkanes of at least 4 members (excludes halogenated alkanes) is 1. The van der Waals surface area contributed by atoms with Crippen molar-refractivity contribution in [3.8, 4) is 27.9 Å². The van der Waals surface area contributed by atoms with E-state index in [2.05, 4.69) is 220 Å². The maximum Gasteiger partial charge on any atom is 0.450 e. The number of thiophene rings is 1. The predicted octanol–water partition coefficient (Wildman–Crippen LogP) is 24.7. The number of hydrogen-bond donors (Lipinski definition) is 1. The summed E-state index contributed by atoms with van der Waals surface area (Å²) in [7, 11) is -42.0. The molecule has 774 valence electrons. The number of aliphatic hydroxyl groups excluding tert-OH is 1. The summed E-state index contributed by atoms with van der Waals surface area (Å²) in [5.74, 6) is -20.3. The smallest absolute Gasteiger partial charge is 0.450 e. The Kier molecular flexibility index (Phi) is 39.2.